The molecule has 0 bridgehead atoms. The summed E-state index contributed by atoms with van der Waals surface area (Å²) in [5.74, 6) is 0.598. The van der Waals surface area contributed by atoms with Crippen LogP contribution in [0.1, 0.15) is 25.8 Å². The molecule has 15 heavy (non-hydrogen) atoms. The Balaban J connectivity index is 2.15. The number of nitrogens with one attached hydrogen (secondary N) is 1. The lowest BCUT2D eigenvalue weighted by molar-refractivity contribution is 0.538. The first-order valence-corrected chi connectivity index (χ1v) is 5.63. The van der Waals surface area contributed by atoms with E-state index < -0.39 is 0 Å². The molecule has 0 unspecified atom stereocenters. The molecule has 0 aliphatic rings. The van der Waals surface area contributed by atoms with Crippen LogP contribution in [-0.4, -0.2) is 13.1 Å². The second-order valence-electron chi connectivity index (χ2n) is 4.31. The average Bonchev–Trinajstić information content (AvgIpc) is 2.17. The van der Waals surface area contributed by atoms with Crippen LogP contribution in [0.25, 0.3) is 0 Å². The summed E-state index contributed by atoms with van der Waals surface area (Å²) in [6, 6.07) is 6.81. The van der Waals surface area contributed by atoms with Crippen molar-refractivity contribution in [3.05, 3.63) is 35.6 Å². The Morgan fingerprint density at radius 2 is 2.07 bits per heavy atom. The van der Waals surface area contributed by atoms with Gasteiger partial charge in [-0.25, -0.2) is 4.39 Å². The summed E-state index contributed by atoms with van der Waals surface area (Å²) in [4.78, 5) is 0. The van der Waals surface area contributed by atoms with Crippen molar-refractivity contribution < 1.29 is 4.39 Å². The third-order valence-corrected chi connectivity index (χ3v) is 2.38. The highest BCUT2D eigenvalue weighted by atomic mass is 19.1. The van der Waals surface area contributed by atoms with Gasteiger partial charge in [0.05, 0.1) is 0 Å². The van der Waals surface area contributed by atoms with Crippen molar-refractivity contribution in [2.24, 2.45) is 5.92 Å². The fraction of sp³-hybridized carbons (Fsp3) is 0.538. The first-order valence-electron chi connectivity index (χ1n) is 5.63. The quantitative estimate of drug-likeness (QED) is 0.710. The molecule has 1 N–H and O–H groups in total. The Labute approximate surface area is 91.7 Å². The van der Waals surface area contributed by atoms with Crippen molar-refractivity contribution in [3.63, 3.8) is 0 Å². The number of benzene rings is 1. The highest BCUT2D eigenvalue weighted by Gasteiger charge is 1.96. The van der Waals surface area contributed by atoms with Crippen LogP contribution in [0.5, 0.6) is 0 Å². The summed E-state index contributed by atoms with van der Waals surface area (Å²) >= 11 is 0. The van der Waals surface area contributed by atoms with E-state index in [1.807, 2.05) is 6.07 Å². The second kappa shape index (κ2) is 6.57. The van der Waals surface area contributed by atoms with E-state index in [4.69, 9.17) is 0 Å². The molecule has 0 amide bonds. The largest absolute Gasteiger partial charge is 0.316 e. The van der Waals surface area contributed by atoms with Crippen LogP contribution < -0.4 is 5.32 Å². The lowest BCUT2D eigenvalue weighted by Crippen LogP contribution is -2.19. The van der Waals surface area contributed by atoms with E-state index in [1.165, 1.54) is 12.5 Å². The molecule has 0 saturated heterocycles. The van der Waals surface area contributed by atoms with Crippen molar-refractivity contribution >= 4 is 0 Å². The molecule has 1 aromatic carbocycles. The molecule has 1 aromatic rings. The predicted octanol–water partition coefficient (Wildman–Crippen LogP) is 3.00. The number of rotatable bonds is 6. The molecule has 0 aromatic heterocycles. The monoisotopic (exact) mass is 209 g/mol. The van der Waals surface area contributed by atoms with Crippen LogP contribution in [0.15, 0.2) is 24.3 Å². The van der Waals surface area contributed by atoms with Crippen molar-refractivity contribution in [2.45, 2.75) is 26.7 Å². The van der Waals surface area contributed by atoms with E-state index in [0.717, 1.165) is 31.0 Å². The van der Waals surface area contributed by atoms with E-state index >= 15 is 0 Å². The van der Waals surface area contributed by atoms with Gasteiger partial charge in [-0.1, -0.05) is 26.0 Å². The number of halogens is 1. The first kappa shape index (κ1) is 12.2. The summed E-state index contributed by atoms with van der Waals surface area (Å²) in [7, 11) is 0. The lowest BCUT2D eigenvalue weighted by Gasteiger charge is -2.06. The number of hydrogen-bond donors (Lipinski definition) is 1. The zero-order chi connectivity index (χ0) is 11.1. The van der Waals surface area contributed by atoms with Crippen molar-refractivity contribution in [2.75, 3.05) is 13.1 Å². The van der Waals surface area contributed by atoms with Crippen molar-refractivity contribution in [1.82, 2.24) is 5.32 Å². The Bertz CT molecular complexity index is 284. The van der Waals surface area contributed by atoms with Gasteiger partial charge in [0.15, 0.2) is 0 Å². The summed E-state index contributed by atoms with van der Waals surface area (Å²) in [5, 5.41) is 3.36. The maximum absolute atomic E-state index is 12.8. The summed E-state index contributed by atoms with van der Waals surface area (Å²) in [5.41, 5.74) is 1.06. The summed E-state index contributed by atoms with van der Waals surface area (Å²) in [6.45, 7) is 6.41. The van der Waals surface area contributed by atoms with Gasteiger partial charge in [0.1, 0.15) is 5.82 Å². The average molecular weight is 209 g/mol. The van der Waals surface area contributed by atoms with Gasteiger partial charge in [-0.2, -0.15) is 0 Å². The van der Waals surface area contributed by atoms with E-state index in [9.17, 15) is 4.39 Å². The van der Waals surface area contributed by atoms with Gasteiger partial charge in [-0.05, 0) is 49.5 Å². The molecule has 0 aliphatic carbocycles. The lowest BCUT2D eigenvalue weighted by atomic mass is 10.1. The smallest absolute Gasteiger partial charge is 0.123 e. The minimum Gasteiger partial charge on any atom is -0.316 e. The highest BCUT2D eigenvalue weighted by Crippen LogP contribution is 2.03. The minimum absolute atomic E-state index is 0.144. The molecule has 1 rings (SSSR count). The standard InChI is InChI=1S/C13H20FN/c1-11(2)6-8-15-9-7-12-4-3-5-13(14)10-12/h3-5,10-11,15H,6-9H2,1-2H3. The van der Waals surface area contributed by atoms with Crippen LogP contribution >= 0.6 is 0 Å². The second-order valence-corrected chi connectivity index (χ2v) is 4.31. The van der Waals surface area contributed by atoms with Gasteiger partial charge in [-0.3, -0.25) is 0 Å². The van der Waals surface area contributed by atoms with E-state index in [2.05, 4.69) is 19.2 Å². The Kier molecular flexibility index (Phi) is 5.33. The van der Waals surface area contributed by atoms with Gasteiger partial charge >= 0.3 is 0 Å². The maximum atomic E-state index is 12.8. The molecule has 0 aliphatic heterocycles. The van der Waals surface area contributed by atoms with E-state index in [-0.39, 0.29) is 5.82 Å². The SMILES string of the molecule is CC(C)CCNCCc1cccc(F)c1. The van der Waals surface area contributed by atoms with Crippen molar-refractivity contribution in [1.29, 1.82) is 0 Å². The van der Waals surface area contributed by atoms with Gasteiger partial charge in [0.25, 0.3) is 0 Å². The molecule has 0 heterocycles. The van der Waals surface area contributed by atoms with Crippen LogP contribution in [0, 0.1) is 11.7 Å². The van der Waals surface area contributed by atoms with Crippen LogP contribution in [-0.2, 0) is 6.42 Å². The zero-order valence-corrected chi connectivity index (χ0v) is 9.59. The fourth-order valence-corrected chi connectivity index (χ4v) is 1.44. The van der Waals surface area contributed by atoms with Crippen LogP contribution in [0.3, 0.4) is 0 Å². The van der Waals surface area contributed by atoms with Gasteiger partial charge in [0.2, 0.25) is 0 Å². The first-order chi connectivity index (χ1) is 7.18. The van der Waals surface area contributed by atoms with Crippen molar-refractivity contribution in [3.8, 4) is 0 Å². The summed E-state index contributed by atoms with van der Waals surface area (Å²) in [6.07, 6.45) is 2.10. The topological polar surface area (TPSA) is 12.0 Å². The van der Waals surface area contributed by atoms with Gasteiger partial charge in [-0.15, -0.1) is 0 Å². The number of hydrogen-bond acceptors (Lipinski definition) is 1. The third-order valence-electron chi connectivity index (χ3n) is 2.38. The molecular weight excluding hydrogens is 189 g/mol. The molecule has 0 spiro atoms. The molecule has 0 atom stereocenters. The fourth-order valence-electron chi connectivity index (χ4n) is 1.44. The molecule has 84 valence electrons. The minimum atomic E-state index is -0.144. The Hall–Kier alpha value is -0.890. The highest BCUT2D eigenvalue weighted by molar-refractivity contribution is 5.16. The molecular formula is C13H20FN. The molecule has 0 fully saturated rings. The van der Waals surface area contributed by atoms with Gasteiger partial charge in [0, 0.05) is 0 Å². The predicted molar refractivity (Wildman–Crippen MR) is 62.4 cm³/mol. The zero-order valence-electron chi connectivity index (χ0n) is 9.59. The van der Waals surface area contributed by atoms with E-state index in [0.29, 0.717) is 0 Å². The molecule has 0 saturated carbocycles. The van der Waals surface area contributed by atoms with Crippen LogP contribution in [0.2, 0.25) is 0 Å². The Morgan fingerprint density at radius 3 is 2.73 bits per heavy atom. The third kappa shape index (κ3) is 5.53. The Morgan fingerprint density at radius 1 is 1.27 bits per heavy atom. The van der Waals surface area contributed by atoms with Crippen LogP contribution in [0.4, 0.5) is 4.39 Å². The van der Waals surface area contributed by atoms with E-state index in [1.54, 1.807) is 12.1 Å². The van der Waals surface area contributed by atoms with Gasteiger partial charge < -0.3 is 5.32 Å². The molecule has 1 nitrogen and oxygen atoms in total. The summed E-state index contributed by atoms with van der Waals surface area (Å²) < 4.78 is 12.8. The normalized spacial score (nSPS) is 10.9. The molecule has 2 heteroatoms. The maximum Gasteiger partial charge on any atom is 0.123 e. The molecule has 0 radical (unpaired) electrons.